The lowest BCUT2D eigenvalue weighted by atomic mass is 9.86. The van der Waals surface area contributed by atoms with Crippen molar-refractivity contribution in [3.63, 3.8) is 0 Å². The van der Waals surface area contributed by atoms with Crippen molar-refractivity contribution < 1.29 is 13.2 Å². The summed E-state index contributed by atoms with van der Waals surface area (Å²) < 4.78 is 28.6. The number of rotatable bonds is 4. The van der Waals surface area contributed by atoms with Crippen LogP contribution in [0.4, 0.5) is 0 Å². The molecule has 2 aromatic rings. The van der Waals surface area contributed by atoms with Gasteiger partial charge in [-0.05, 0) is 40.8 Å². The number of ether oxygens (including phenoxy) is 1. The predicted octanol–water partition coefficient (Wildman–Crippen LogP) is 3.97. The molecular formula is C18H22O3S. The van der Waals surface area contributed by atoms with Crippen LogP contribution in [0.15, 0.2) is 53.4 Å². The van der Waals surface area contributed by atoms with Gasteiger partial charge in [0, 0.05) is 6.26 Å². The number of sulfone groups is 1. The van der Waals surface area contributed by atoms with E-state index in [1.165, 1.54) is 11.8 Å². The highest BCUT2D eigenvalue weighted by Crippen LogP contribution is 2.23. The number of benzene rings is 2. The third-order valence-corrected chi connectivity index (χ3v) is 4.58. The molecule has 2 rings (SSSR count). The zero-order valence-corrected chi connectivity index (χ0v) is 14.3. The SMILES string of the molecule is CC(C)(C)c1cccc(COc2ccc(S(C)(=O)=O)cc2)c1. The van der Waals surface area contributed by atoms with E-state index >= 15 is 0 Å². The minimum absolute atomic E-state index is 0.104. The van der Waals surface area contributed by atoms with Crippen molar-refractivity contribution in [3.8, 4) is 5.75 Å². The summed E-state index contributed by atoms with van der Waals surface area (Å²) >= 11 is 0. The summed E-state index contributed by atoms with van der Waals surface area (Å²) in [4.78, 5) is 0.301. The third-order valence-electron chi connectivity index (χ3n) is 3.45. The average molecular weight is 318 g/mol. The van der Waals surface area contributed by atoms with Gasteiger partial charge < -0.3 is 4.74 Å². The van der Waals surface area contributed by atoms with Gasteiger partial charge in [0.05, 0.1) is 4.90 Å². The molecular weight excluding hydrogens is 296 g/mol. The van der Waals surface area contributed by atoms with Crippen LogP contribution in [0, 0.1) is 0 Å². The molecule has 0 saturated carbocycles. The minimum atomic E-state index is -3.16. The fraction of sp³-hybridized carbons (Fsp3) is 0.333. The molecule has 0 fully saturated rings. The van der Waals surface area contributed by atoms with Crippen LogP contribution in [-0.4, -0.2) is 14.7 Å². The Hall–Kier alpha value is -1.81. The van der Waals surface area contributed by atoms with E-state index in [0.29, 0.717) is 17.3 Å². The fourth-order valence-corrected chi connectivity index (χ4v) is 2.71. The summed E-state index contributed by atoms with van der Waals surface area (Å²) in [6, 6.07) is 14.8. The third kappa shape index (κ3) is 4.34. The van der Waals surface area contributed by atoms with E-state index in [0.717, 1.165) is 5.56 Å². The van der Waals surface area contributed by atoms with Crippen molar-refractivity contribution in [2.75, 3.05) is 6.26 Å². The second kappa shape index (κ2) is 6.13. The van der Waals surface area contributed by atoms with Gasteiger partial charge in [-0.1, -0.05) is 45.0 Å². The summed E-state index contributed by atoms with van der Waals surface area (Å²) in [5.41, 5.74) is 2.47. The molecule has 3 nitrogen and oxygen atoms in total. The maximum absolute atomic E-state index is 11.4. The molecule has 0 N–H and O–H groups in total. The van der Waals surface area contributed by atoms with E-state index in [9.17, 15) is 8.42 Å². The first kappa shape index (κ1) is 16.6. The molecule has 0 radical (unpaired) electrons. The molecule has 22 heavy (non-hydrogen) atoms. The van der Waals surface area contributed by atoms with Crippen molar-refractivity contribution in [1.82, 2.24) is 0 Å². The van der Waals surface area contributed by atoms with Gasteiger partial charge in [-0.25, -0.2) is 8.42 Å². The first-order valence-electron chi connectivity index (χ1n) is 7.18. The van der Waals surface area contributed by atoms with Crippen LogP contribution in [0.3, 0.4) is 0 Å². The van der Waals surface area contributed by atoms with E-state index in [-0.39, 0.29) is 5.41 Å². The van der Waals surface area contributed by atoms with Crippen LogP contribution in [0.2, 0.25) is 0 Å². The van der Waals surface area contributed by atoms with Crippen molar-refractivity contribution >= 4 is 9.84 Å². The molecule has 0 amide bonds. The first-order valence-corrected chi connectivity index (χ1v) is 9.08. The van der Waals surface area contributed by atoms with Gasteiger partial charge >= 0.3 is 0 Å². The van der Waals surface area contributed by atoms with E-state index in [1.807, 2.05) is 12.1 Å². The highest BCUT2D eigenvalue weighted by molar-refractivity contribution is 7.90. The molecule has 0 aliphatic carbocycles. The van der Waals surface area contributed by atoms with Crippen molar-refractivity contribution in [2.45, 2.75) is 37.7 Å². The Morgan fingerprint density at radius 2 is 1.64 bits per heavy atom. The molecule has 0 saturated heterocycles. The highest BCUT2D eigenvalue weighted by atomic mass is 32.2. The van der Waals surface area contributed by atoms with Gasteiger partial charge in [-0.15, -0.1) is 0 Å². The Morgan fingerprint density at radius 3 is 2.18 bits per heavy atom. The molecule has 0 aliphatic heterocycles. The monoisotopic (exact) mass is 318 g/mol. The summed E-state index contributed by atoms with van der Waals surface area (Å²) in [5, 5.41) is 0. The van der Waals surface area contributed by atoms with Crippen LogP contribution < -0.4 is 4.74 Å². The second-order valence-corrected chi connectivity index (χ2v) is 8.50. The number of hydrogen-bond donors (Lipinski definition) is 0. The molecule has 0 unspecified atom stereocenters. The molecule has 0 heterocycles. The van der Waals surface area contributed by atoms with Gasteiger partial charge in [0.15, 0.2) is 9.84 Å². The first-order chi connectivity index (χ1) is 10.2. The normalized spacial score (nSPS) is 12.2. The quantitative estimate of drug-likeness (QED) is 0.857. The van der Waals surface area contributed by atoms with Crippen molar-refractivity contribution in [1.29, 1.82) is 0 Å². The minimum Gasteiger partial charge on any atom is -0.489 e. The predicted molar refractivity (Wildman–Crippen MR) is 89.0 cm³/mol. The molecule has 118 valence electrons. The highest BCUT2D eigenvalue weighted by Gasteiger charge is 2.13. The van der Waals surface area contributed by atoms with Crippen LogP contribution in [0.5, 0.6) is 5.75 Å². The fourth-order valence-electron chi connectivity index (χ4n) is 2.08. The Morgan fingerprint density at radius 1 is 1.00 bits per heavy atom. The zero-order chi connectivity index (χ0) is 16.4. The lowest BCUT2D eigenvalue weighted by Crippen LogP contribution is -2.11. The van der Waals surface area contributed by atoms with Crippen LogP contribution in [0.1, 0.15) is 31.9 Å². The molecule has 0 bridgehead atoms. The Bertz CT molecular complexity index is 739. The van der Waals surface area contributed by atoms with Gasteiger partial charge in [-0.2, -0.15) is 0 Å². The van der Waals surface area contributed by atoms with Gasteiger partial charge in [0.25, 0.3) is 0 Å². The van der Waals surface area contributed by atoms with E-state index in [4.69, 9.17) is 4.74 Å². The average Bonchev–Trinajstić information content (AvgIpc) is 2.44. The summed E-state index contributed by atoms with van der Waals surface area (Å²) in [6.45, 7) is 6.99. The molecule has 0 aliphatic rings. The van der Waals surface area contributed by atoms with Crippen LogP contribution >= 0.6 is 0 Å². The Balaban J connectivity index is 2.07. The van der Waals surface area contributed by atoms with Gasteiger partial charge in [-0.3, -0.25) is 0 Å². The Labute approximate surface area is 132 Å². The molecule has 4 heteroatoms. The van der Waals surface area contributed by atoms with E-state index in [2.05, 4.69) is 32.9 Å². The zero-order valence-electron chi connectivity index (χ0n) is 13.5. The maximum atomic E-state index is 11.4. The summed E-state index contributed by atoms with van der Waals surface area (Å²) in [6.07, 6.45) is 1.20. The smallest absolute Gasteiger partial charge is 0.175 e. The lowest BCUT2D eigenvalue weighted by Gasteiger charge is -2.19. The maximum Gasteiger partial charge on any atom is 0.175 e. The molecule has 0 spiro atoms. The topological polar surface area (TPSA) is 43.4 Å². The second-order valence-electron chi connectivity index (χ2n) is 6.48. The summed E-state index contributed by atoms with van der Waals surface area (Å²) in [7, 11) is -3.16. The van der Waals surface area contributed by atoms with Crippen molar-refractivity contribution in [2.24, 2.45) is 0 Å². The molecule has 0 atom stereocenters. The van der Waals surface area contributed by atoms with Crippen molar-refractivity contribution in [3.05, 3.63) is 59.7 Å². The Kier molecular flexibility index (Phi) is 4.61. The largest absolute Gasteiger partial charge is 0.489 e. The number of hydrogen-bond acceptors (Lipinski definition) is 3. The van der Waals surface area contributed by atoms with E-state index < -0.39 is 9.84 Å². The van der Waals surface area contributed by atoms with E-state index in [1.54, 1.807) is 24.3 Å². The van der Waals surface area contributed by atoms with Gasteiger partial charge in [0.1, 0.15) is 12.4 Å². The summed E-state index contributed by atoms with van der Waals surface area (Å²) in [5.74, 6) is 0.661. The molecule has 2 aromatic carbocycles. The van der Waals surface area contributed by atoms with Gasteiger partial charge in [0.2, 0.25) is 0 Å². The van der Waals surface area contributed by atoms with Crippen LogP contribution in [0.25, 0.3) is 0 Å². The van der Waals surface area contributed by atoms with Crippen LogP contribution in [-0.2, 0) is 21.9 Å². The lowest BCUT2D eigenvalue weighted by molar-refractivity contribution is 0.305. The molecule has 0 aromatic heterocycles. The standard InChI is InChI=1S/C18H22O3S/c1-18(2,3)15-7-5-6-14(12-15)13-21-16-8-10-17(11-9-16)22(4,19)20/h5-12H,13H2,1-4H3.